The number of nitrogens with one attached hydrogen (secondary N) is 2. The van der Waals surface area contributed by atoms with Crippen LogP contribution in [0.25, 0.3) is 0 Å². The first-order valence-electron chi connectivity index (χ1n) is 10.3. The number of hydrogen-bond acceptors (Lipinski definition) is 6. The van der Waals surface area contributed by atoms with E-state index in [1.165, 1.54) is 0 Å². The summed E-state index contributed by atoms with van der Waals surface area (Å²) < 4.78 is 10.9. The number of carbonyl (C=O) groups excluding carboxylic acids is 2. The van der Waals surface area contributed by atoms with Gasteiger partial charge in [0.25, 0.3) is 0 Å². The Morgan fingerprint density at radius 3 is 2.41 bits per heavy atom. The number of ether oxygens (including phenoxy) is 2. The summed E-state index contributed by atoms with van der Waals surface area (Å²) in [4.78, 5) is 28.8. The second-order valence-electron chi connectivity index (χ2n) is 7.71. The van der Waals surface area contributed by atoms with Gasteiger partial charge in [-0.1, -0.05) is 12.1 Å². The van der Waals surface area contributed by atoms with E-state index in [0.717, 1.165) is 43.8 Å². The number of hydrogen-bond donors (Lipinski definition) is 2. The molecule has 8 heteroatoms. The quantitative estimate of drug-likeness (QED) is 0.646. The van der Waals surface area contributed by atoms with Gasteiger partial charge in [-0.05, 0) is 30.5 Å². The van der Waals surface area contributed by atoms with Crippen molar-refractivity contribution in [1.82, 2.24) is 15.5 Å². The molecule has 0 unspecified atom stereocenters. The predicted molar refractivity (Wildman–Crippen MR) is 111 cm³/mol. The topological polar surface area (TPSA) is 83.1 Å². The highest BCUT2D eigenvalue weighted by molar-refractivity contribution is 6.35. The van der Waals surface area contributed by atoms with Gasteiger partial charge >= 0.3 is 11.8 Å². The summed E-state index contributed by atoms with van der Waals surface area (Å²) in [5.41, 5.74) is 2.23. The monoisotopic (exact) mass is 404 g/mol. The molecule has 2 fully saturated rings. The summed E-state index contributed by atoms with van der Waals surface area (Å²) in [6.07, 6.45) is 1.94. The Balaban J connectivity index is 1.58. The number of morpholine rings is 1. The van der Waals surface area contributed by atoms with E-state index in [0.29, 0.717) is 26.3 Å². The van der Waals surface area contributed by atoms with E-state index in [-0.39, 0.29) is 12.1 Å². The molecular formula is C21H32N4O4. The highest BCUT2D eigenvalue weighted by Crippen LogP contribution is 2.23. The SMILES string of the molecule is CN(C)c1ccc([C@@H](CNC(=O)C(=O)NC[C@@H]2CCCO2)N2CCOCC2)cc1. The molecule has 0 spiro atoms. The number of rotatable bonds is 7. The van der Waals surface area contributed by atoms with Gasteiger partial charge in [0, 0.05) is 52.6 Å². The Kier molecular flexibility index (Phi) is 7.85. The molecular weight excluding hydrogens is 372 g/mol. The van der Waals surface area contributed by atoms with Crippen LogP contribution in [0.1, 0.15) is 24.4 Å². The standard InChI is InChI=1S/C21H32N4O4/c1-24(2)17-7-5-16(6-8-17)19(25-9-12-28-13-10-25)15-23-21(27)20(26)22-14-18-4-3-11-29-18/h5-8,18-19H,3-4,9-15H2,1-2H3,(H,22,26)(H,23,27)/t18-,19+/m0/s1. The molecule has 2 amide bonds. The molecule has 0 aromatic heterocycles. The first-order valence-corrected chi connectivity index (χ1v) is 10.3. The van der Waals surface area contributed by atoms with Crippen LogP contribution >= 0.6 is 0 Å². The van der Waals surface area contributed by atoms with Gasteiger partial charge in [-0.25, -0.2) is 0 Å². The molecule has 2 heterocycles. The summed E-state index contributed by atoms with van der Waals surface area (Å²) in [7, 11) is 4.01. The fraction of sp³-hybridized carbons (Fsp3) is 0.619. The average Bonchev–Trinajstić information content (AvgIpc) is 3.27. The Bertz CT molecular complexity index is 668. The molecule has 1 aromatic carbocycles. The minimum atomic E-state index is -0.607. The van der Waals surface area contributed by atoms with E-state index in [1.54, 1.807) is 0 Å². The summed E-state index contributed by atoms with van der Waals surface area (Å²) in [6, 6.07) is 8.29. The Hall–Kier alpha value is -2.16. The molecule has 0 bridgehead atoms. The maximum atomic E-state index is 12.3. The van der Waals surface area contributed by atoms with Gasteiger partial charge < -0.3 is 25.0 Å². The first-order chi connectivity index (χ1) is 14.0. The molecule has 8 nitrogen and oxygen atoms in total. The molecule has 0 radical (unpaired) electrons. The van der Waals surface area contributed by atoms with Crippen molar-refractivity contribution in [1.29, 1.82) is 0 Å². The summed E-state index contributed by atoms with van der Waals surface area (Å²) >= 11 is 0. The van der Waals surface area contributed by atoms with Crippen LogP contribution in [-0.4, -0.2) is 82.9 Å². The molecule has 0 saturated carbocycles. The van der Waals surface area contributed by atoms with Crippen LogP contribution in [0.2, 0.25) is 0 Å². The van der Waals surface area contributed by atoms with Crippen LogP contribution in [0.5, 0.6) is 0 Å². The van der Waals surface area contributed by atoms with Crippen LogP contribution in [0.15, 0.2) is 24.3 Å². The van der Waals surface area contributed by atoms with Crippen molar-refractivity contribution in [2.45, 2.75) is 25.0 Å². The van der Waals surface area contributed by atoms with Crippen molar-refractivity contribution in [3.05, 3.63) is 29.8 Å². The van der Waals surface area contributed by atoms with Crippen LogP contribution in [0.4, 0.5) is 5.69 Å². The number of benzene rings is 1. The summed E-state index contributed by atoms with van der Waals surface area (Å²) in [5.74, 6) is -1.21. The second kappa shape index (κ2) is 10.6. The summed E-state index contributed by atoms with van der Waals surface area (Å²) in [5, 5.41) is 5.48. The zero-order chi connectivity index (χ0) is 20.6. The van der Waals surface area contributed by atoms with Crippen molar-refractivity contribution in [2.75, 3.05) is 65.0 Å². The molecule has 2 aliphatic heterocycles. The van der Waals surface area contributed by atoms with Gasteiger partial charge in [-0.3, -0.25) is 14.5 Å². The van der Waals surface area contributed by atoms with Gasteiger partial charge in [0.15, 0.2) is 0 Å². The van der Waals surface area contributed by atoms with E-state index >= 15 is 0 Å². The third kappa shape index (κ3) is 6.16. The lowest BCUT2D eigenvalue weighted by Crippen LogP contribution is -2.47. The lowest BCUT2D eigenvalue weighted by atomic mass is 10.0. The van der Waals surface area contributed by atoms with Gasteiger partial charge in [0.2, 0.25) is 0 Å². The largest absolute Gasteiger partial charge is 0.379 e. The van der Waals surface area contributed by atoms with Crippen molar-refractivity contribution in [3.8, 4) is 0 Å². The Morgan fingerprint density at radius 2 is 1.79 bits per heavy atom. The van der Waals surface area contributed by atoms with Crippen molar-refractivity contribution in [3.63, 3.8) is 0 Å². The van der Waals surface area contributed by atoms with E-state index in [2.05, 4.69) is 39.8 Å². The average molecular weight is 405 g/mol. The van der Waals surface area contributed by atoms with Gasteiger partial charge in [-0.2, -0.15) is 0 Å². The van der Waals surface area contributed by atoms with Crippen LogP contribution < -0.4 is 15.5 Å². The van der Waals surface area contributed by atoms with Crippen LogP contribution in [0.3, 0.4) is 0 Å². The highest BCUT2D eigenvalue weighted by atomic mass is 16.5. The zero-order valence-electron chi connectivity index (χ0n) is 17.4. The van der Waals surface area contributed by atoms with Crippen LogP contribution in [0, 0.1) is 0 Å². The van der Waals surface area contributed by atoms with E-state index < -0.39 is 11.8 Å². The molecule has 160 valence electrons. The lowest BCUT2D eigenvalue weighted by molar-refractivity contribution is -0.139. The molecule has 2 N–H and O–H groups in total. The second-order valence-corrected chi connectivity index (χ2v) is 7.71. The molecule has 2 aliphatic rings. The molecule has 3 rings (SSSR count). The van der Waals surface area contributed by atoms with Crippen molar-refractivity contribution < 1.29 is 19.1 Å². The number of amides is 2. The van der Waals surface area contributed by atoms with E-state index in [9.17, 15) is 9.59 Å². The molecule has 0 aliphatic carbocycles. The van der Waals surface area contributed by atoms with Crippen LogP contribution in [-0.2, 0) is 19.1 Å². The minimum absolute atomic E-state index is 0.00923. The molecule has 1 aromatic rings. The Labute approximate surface area is 172 Å². The number of carbonyl (C=O) groups is 2. The van der Waals surface area contributed by atoms with Gasteiger partial charge in [0.05, 0.1) is 25.4 Å². The third-order valence-electron chi connectivity index (χ3n) is 5.46. The van der Waals surface area contributed by atoms with Gasteiger partial charge in [0.1, 0.15) is 0 Å². The molecule has 2 saturated heterocycles. The van der Waals surface area contributed by atoms with E-state index in [1.807, 2.05) is 19.0 Å². The third-order valence-corrected chi connectivity index (χ3v) is 5.46. The van der Waals surface area contributed by atoms with Crippen molar-refractivity contribution >= 4 is 17.5 Å². The maximum absolute atomic E-state index is 12.3. The lowest BCUT2D eigenvalue weighted by Gasteiger charge is -2.35. The van der Waals surface area contributed by atoms with Crippen molar-refractivity contribution in [2.24, 2.45) is 0 Å². The predicted octanol–water partition coefficient (Wildman–Crippen LogP) is 0.537. The molecule has 29 heavy (non-hydrogen) atoms. The number of anilines is 1. The normalized spacial score (nSPS) is 20.8. The summed E-state index contributed by atoms with van der Waals surface area (Å²) in [6.45, 7) is 4.39. The molecule has 2 atom stereocenters. The minimum Gasteiger partial charge on any atom is -0.379 e. The smallest absolute Gasteiger partial charge is 0.309 e. The fourth-order valence-corrected chi connectivity index (χ4v) is 3.70. The fourth-order valence-electron chi connectivity index (χ4n) is 3.70. The highest BCUT2D eigenvalue weighted by Gasteiger charge is 2.25. The number of nitrogens with zero attached hydrogens (tertiary/aromatic N) is 2. The first kappa shape index (κ1) is 21.5. The van der Waals surface area contributed by atoms with Gasteiger partial charge in [-0.15, -0.1) is 0 Å². The maximum Gasteiger partial charge on any atom is 0.309 e. The Morgan fingerprint density at radius 1 is 1.10 bits per heavy atom. The van der Waals surface area contributed by atoms with E-state index in [4.69, 9.17) is 9.47 Å². The zero-order valence-corrected chi connectivity index (χ0v) is 17.4.